The topological polar surface area (TPSA) is 37.8 Å². The van der Waals surface area contributed by atoms with Crippen LogP contribution in [0.25, 0.3) is 11.3 Å². The van der Waals surface area contributed by atoms with Crippen LogP contribution in [0.5, 0.6) is 0 Å². The summed E-state index contributed by atoms with van der Waals surface area (Å²) in [5.41, 5.74) is 2.13. The summed E-state index contributed by atoms with van der Waals surface area (Å²) >= 11 is 0. The van der Waals surface area contributed by atoms with Gasteiger partial charge in [0.05, 0.1) is 5.69 Å². The van der Waals surface area contributed by atoms with Gasteiger partial charge in [-0.15, -0.1) is 0 Å². The summed E-state index contributed by atoms with van der Waals surface area (Å²) in [6, 6.07) is 6.77. The minimum Gasteiger partial charge on any atom is -0.354 e. The molecule has 0 spiro atoms. The van der Waals surface area contributed by atoms with Crippen LogP contribution in [0, 0.1) is 12.7 Å². The van der Waals surface area contributed by atoms with Crippen LogP contribution >= 0.6 is 0 Å². The first-order valence-corrected chi connectivity index (χ1v) is 5.54. The lowest BCUT2D eigenvalue weighted by molar-refractivity contribution is 0.619. The lowest BCUT2D eigenvalue weighted by atomic mass is 10.1. The molecule has 0 aliphatic heterocycles. The molecule has 0 atom stereocenters. The van der Waals surface area contributed by atoms with E-state index in [9.17, 15) is 4.39 Å². The zero-order valence-corrected chi connectivity index (χ0v) is 9.87. The molecular formula is C13H14FN3. The second kappa shape index (κ2) is 4.91. The minimum atomic E-state index is -0.217. The number of hydrogen-bond donors (Lipinski definition) is 1. The molecule has 1 aromatic heterocycles. The molecule has 2 aromatic rings. The van der Waals surface area contributed by atoms with Gasteiger partial charge in [0.1, 0.15) is 5.82 Å². The lowest BCUT2D eigenvalue weighted by Gasteiger charge is -2.07. The molecular weight excluding hydrogens is 217 g/mol. The van der Waals surface area contributed by atoms with Gasteiger partial charge in [0.15, 0.2) is 0 Å². The second-order valence-electron chi connectivity index (χ2n) is 3.71. The summed E-state index contributed by atoms with van der Waals surface area (Å²) in [6.07, 6.45) is 1.67. The highest BCUT2D eigenvalue weighted by atomic mass is 19.1. The molecule has 0 bridgehead atoms. The zero-order chi connectivity index (χ0) is 12.3. The van der Waals surface area contributed by atoms with Crippen molar-refractivity contribution in [3.05, 3.63) is 41.8 Å². The Labute approximate surface area is 99.7 Å². The molecule has 0 aliphatic rings. The van der Waals surface area contributed by atoms with Crippen LogP contribution in [0.1, 0.15) is 12.5 Å². The van der Waals surface area contributed by atoms with E-state index in [1.807, 2.05) is 13.0 Å². The van der Waals surface area contributed by atoms with Gasteiger partial charge in [0.2, 0.25) is 5.95 Å². The zero-order valence-electron chi connectivity index (χ0n) is 9.87. The first-order chi connectivity index (χ1) is 8.22. The van der Waals surface area contributed by atoms with Crippen molar-refractivity contribution in [3.8, 4) is 11.3 Å². The summed E-state index contributed by atoms with van der Waals surface area (Å²) in [6.45, 7) is 4.48. The Bertz CT molecular complexity index is 526. The van der Waals surface area contributed by atoms with Crippen molar-refractivity contribution >= 4 is 5.95 Å². The molecule has 17 heavy (non-hydrogen) atoms. The van der Waals surface area contributed by atoms with E-state index in [2.05, 4.69) is 15.3 Å². The van der Waals surface area contributed by atoms with Gasteiger partial charge in [0, 0.05) is 18.3 Å². The fraction of sp³-hybridized carbons (Fsp3) is 0.231. The molecule has 0 amide bonds. The van der Waals surface area contributed by atoms with Gasteiger partial charge < -0.3 is 5.32 Å². The number of hydrogen-bond acceptors (Lipinski definition) is 3. The predicted octanol–water partition coefficient (Wildman–Crippen LogP) is 3.02. The molecule has 1 N–H and O–H groups in total. The summed E-state index contributed by atoms with van der Waals surface area (Å²) in [7, 11) is 0. The molecule has 2 rings (SSSR count). The monoisotopic (exact) mass is 231 g/mol. The van der Waals surface area contributed by atoms with E-state index in [4.69, 9.17) is 0 Å². The van der Waals surface area contributed by atoms with Gasteiger partial charge in [-0.05, 0) is 31.5 Å². The molecule has 0 saturated carbocycles. The van der Waals surface area contributed by atoms with Crippen LogP contribution in [0.3, 0.4) is 0 Å². The molecule has 4 heteroatoms. The molecule has 0 unspecified atom stereocenters. The van der Waals surface area contributed by atoms with E-state index in [1.54, 1.807) is 25.3 Å². The Kier molecular flexibility index (Phi) is 3.32. The van der Waals surface area contributed by atoms with Crippen molar-refractivity contribution in [1.82, 2.24) is 9.97 Å². The van der Waals surface area contributed by atoms with E-state index in [-0.39, 0.29) is 5.82 Å². The van der Waals surface area contributed by atoms with Crippen LogP contribution < -0.4 is 5.32 Å². The van der Waals surface area contributed by atoms with Gasteiger partial charge in [-0.3, -0.25) is 0 Å². The van der Waals surface area contributed by atoms with E-state index in [1.165, 1.54) is 6.07 Å². The van der Waals surface area contributed by atoms with Crippen molar-refractivity contribution in [1.29, 1.82) is 0 Å². The maximum Gasteiger partial charge on any atom is 0.223 e. The second-order valence-corrected chi connectivity index (χ2v) is 3.71. The molecule has 88 valence electrons. The summed E-state index contributed by atoms with van der Waals surface area (Å²) < 4.78 is 13.5. The van der Waals surface area contributed by atoms with Crippen LogP contribution in [0.15, 0.2) is 30.5 Å². The average molecular weight is 231 g/mol. The number of aromatic nitrogens is 2. The Hall–Kier alpha value is -1.97. The largest absolute Gasteiger partial charge is 0.354 e. The minimum absolute atomic E-state index is 0.217. The highest BCUT2D eigenvalue weighted by Gasteiger charge is 2.07. The van der Waals surface area contributed by atoms with Gasteiger partial charge in [-0.1, -0.05) is 12.1 Å². The molecule has 0 fully saturated rings. The normalized spacial score (nSPS) is 10.3. The van der Waals surface area contributed by atoms with Crippen molar-refractivity contribution in [2.45, 2.75) is 13.8 Å². The van der Waals surface area contributed by atoms with Crippen molar-refractivity contribution in [2.24, 2.45) is 0 Å². The fourth-order valence-corrected chi connectivity index (χ4v) is 1.64. The standard InChI is InChI=1S/C13H14FN3/c1-3-15-13-16-8-7-12(17-13)10-5-4-6-11(14)9(10)2/h4-8H,3H2,1-2H3,(H,15,16,17). The first-order valence-electron chi connectivity index (χ1n) is 5.54. The van der Waals surface area contributed by atoms with Gasteiger partial charge >= 0.3 is 0 Å². The third-order valence-corrected chi connectivity index (χ3v) is 2.53. The maximum absolute atomic E-state index is 13.5. The van der Waals surface area contributed by atoms with E-state index in [0.717, 1.165) is 17.8 Å². The third-order valence-electron chi connectivity index (χ3n) is 2.53. The van der Waals surface area contributed by atoms with Gasteiger partial charge in [-0.2, -0.15) is 0 Å². The van der Waals surface area contributed by atoms with Gasteiger partial charge in [0.25, 0.3) is 0 Å². The van der Waals surface area contributed by atoms with Crippen LogP contribution in [0.2, 0.25) is 0 Å². The summed E-state index contributed by atoms with van der Waals surface area (Å²) in [4.78, 5) is 8.44. The summed E-state index contributed by atoms with van der Waals surface area (Å²) in [5.74, 6) is 0.347. The number of benzene rings is 1. The molecule has 1 heterocycles. The molecule has 0 radical (unpaired) electrons. The van der Waals surface area contributed by atoms with E-state index >= 15 is 0 Å². The average Bonchev–Trinajstić information content (AvgIpc) is 2.33. The number of nitrogens with one attached hydrogen (secondary N) is 1. The lowest BCUT2D eigenvalue weighted by Crippen LogP contribution is -2.02. The number of nitrogens with zero attached hydrogens (tertiary/aromatic N) is 2. The maximum atomic E-state index is 13.5. The van der Waals surface area contributed by atoms with Crippen LogP contribution in [-0.4, -0.2) is 16.5 Å². The number of rotatable bonds is 3. The van der Waals surface area contributed by atoms with Crippen LogP contribution in [-0.2, 0) is 0 Å². The van der Waals surface area contributed by atoms with Crippen molar-refractivity contribution in [2.75, 3.05) is 11.9 Å². The van der Waals surface area contributed by atoms with Crippen LogP contribution in [0.4, 0.5) is 10.3 Å². The SMILES string of the molecule is CCNc1nccc(-c2cccc(F)c2C)n1. The molecule has 0 aliphatic carbocycles. The highest BCUT2D eigenvalue weighted by molar-refractivity contribution is 5.64. The molecule has 3 nitrogen and oxygen atoms in total. The van der Waals surface area contributed by atoms with Crippen molar-refractivity contribution in [3.63, 3.8) is 0 Å². The Morgan fingerprint density at radius 1 is 1.29 bits per heavy atom. The van der Waals surface area contributed by atoms with E-state index in [0.29, 0.717) is 11.5 Å². The van der Waals surface area contributed by atoms with Gasteiger partial charge in [-0.25, -0.2) is 14.4 Å². The Balaban J connectivity index is 2.45. The summed E-state index contributed by atoms with van der Waals surface area (Å²) in [5, 5.41) is 3.04. The predicted molar refractivity (Wildman–Crippen MR) is 66.3 cm³/mol. The number of anilines is 1. The quantitative estimate of drug-likeness (QED) is 0.882. The van der Waals surface area contributed by atoms with Crippen molar-refractivity contribution < 1.29 is 4.39 Å². The highest BCUT2D eigenvalue weighted by Crippen LogP contribution is 2.23. The Morgan fingerprint density at radius 3 is 2.88 bits per heavy atom. The molecule has 1 aromatic carbocycles. The van der Waals surface area contributed by atoms with E-state index < -0.39 is 0 Å². The smallest absolute Gasteiger partial charge is 0.223 e. The number of halogens is 1. The molecule has 0 saturated heterocycles. The Morgan fingerprint density at radius 2 is 2.12 bits per heavy atom. The first kappa shape index (κ1) is 11.5. The third kappa shape index (κ3) is 2.41. The fourth-order valence-electron chi connectivity index (χ4n) is 1.64.